The van der Waals surface area contributed by atoms with Crippen molar-refractivity contribution in [1.82, 2.24) is 0 Å². The molecule has 0 unspecified atom stereocenters. The number of hydrogen-bond acceptors (Lipinski definition) is 3. The first-order chi connectivity index (χ1) is 10.2. The molecule has 0 aromatic heterocycles. The van der Waals surface area contributed by atoms with Crippen LogP contribution >= 0.6 is 11.8 Å². The van der Waals surface area contributed by atoms with Crippen LogP contribution in [0.2, 0.25) is 0 Å². The molecule has 0 bridgehead atoms. The zero-order chi connectivity index (χ0) is 14.7. The van der Waals surface area contributed by atoms with E-state index >= 15 is 0 Å². The molecular formula is C16H14FNO2S. The Morgan fingerprint density at radius 3 is 2.57 bits per heavy atom. The third-order valence-corrected chi connectivity index (χ3v) is 4.32. The minimum Gasteiger partial charge on any atom is -0.489 e. The maximum absolute atomic E-state index is 13.1. The summed E-state index contributed by atoms with van der Waals surface area (Å²) in [5.74, 6) is 2.09. The predicted octanol–water partition coefficient (Wildman–Crippen LogP) is 3.57. The summed E-state index contributed by atoms with van der Waals surface area (Å²) >= 11 is 1.86. The van der Waals surface area contributed by atoms with Gasteiger partial charge in [0.2, 0.25) is 0 Å². The van der Waals surface area contributed by atoms with Gasteiger partial charge in [0.1, 0.15) is 17.7 Å². The van der Waals surface area contributed by atoms with Gasteiger partial charge in [-0.05, 0) is 42.5 Å². The second kappa shape index (κ2) is 6.18. The number of carbonyl (C=O) groups excluding carboxylic acids is 1. The van der Waals surface area contributed by atoms with E-state index in [0.717, 1.165) is 17.3 Å². The minimum absolute atomic E-state index is 0.293. The number of halogens is 1. The van der Waals surface area contributed by atoms with E-state index < -0.39 is 5.82 Å². The van der Waals surface area contributed by atoms with Gasteiger partial charge in [0, 0.05) is 22.8 Å². The Bertz CT molecular complexity index is 641. The lowest BCUT2D eigenvalue weighted by Gasteiger charge is -2.25. The molecule has 2 aromatic carbocycles. The summed E-state index contributed by atoms with van der Waals surface area (Å²) in [7, 11) is 0. The Balaban J connectivity index is 1.63. The van der Waals surface area contributed by atoms with Crippen LogP contribution in [0.1, 0.15) is 10.4 Å². The normalized spacial score (nSPS) is 14.3. The molecule has 108 valence electrons. The van der Waals surface area contributed by atoms with Gasteiger partial charge in [0.25, 0.3) is 5.91 Å². The van der Waals surface area contributed by atoms with Crippen LogP contribution in [0, 0.1) is 5.82 Å². The smallest absolute Gasteiger partial charge is 0.255 e. The molecule has 21 heavy (non-hydrogen) atoms. The molecule has 0 saturated carbocycles. The fraction of sp³-hybridized carbons (Fsp3) is 0.188. The third-order valence-electron chi connectivity index (χ3n) is 3.11. The Morgan fingerprint density at radius 2 is 1.95 bits per heavy atom. The molecule has 1 aliphatic rings. The number of hydrogen-bond donors (Lipinski definition) is 1. The molecule has 0 spiro atoms. The average Bonchev–Trinajstić information content (AvgIpc) is 2.44. The zero-order valence-electron chi connectivity index (χ0n) is 11.2. The van der Waals surface area contributed by atoms with E-state index in [1.54, 1.807) is 18.2 Å². The van der Waals surface area contributed by atoms with Gasteiger partial charge in [-0.3, -0.25) is 4.79 Å². The van der Waals surface area contributed by atoms with Crippen molar-refractivity contribution in [3.8, 4) is 5.75 Å². The molecule has 1 amide bonds. The lowest BCUT2D eigenvalue weighted by atomic mass is 10.2. The van der Waals surface area contributed by atoms with Gasteiger partial charge in [0.05, 0.1) is 0 Å². The van der Waals surface area contributed by atoms with Crippen molar-refractivity contribution >= 4 is 23.4 Å². The highest BCUT2D eigenvalue weighted by Gasteiger charge is 2.19. The highest BCUT2D eigenvalue weighted by Crippen LogP contribution is 2.24. The number of anilines is 1. The standard InChI is InChI=1S/C16H14FNO2S/c17-12-3-1-2-11(8-12)16(19)18-13-4-6-14(7-5-13)20-15-9-21-10-15/h1-8,15H,9-10H2,(H,18,19). The molecule has 1 N–H and O–H groups in total. The summed E-state index contributed by atoms with van der Waals surface area (Å²) in [5, 5.41) is 2.73. The molecule has 1 heterocycles. The van der Waals surface area contributed by atoms with Crippen LogP contribution in [0.15, 0.2) is 48.5 Å². The average molecular weight is 303 g/mol. The molecule has 5 heteroatoms. The number of ether oxygens (including phenoxy) is 1. The van der Waals surface area contributed by atoms with Crippen molar-refractivity contribution in [3.63, 3.8) is 0 Å². The highest BCUT2D eigenvalue weighted by molar-refractivity contribution is 8.00. The molecule has 1 aliphatic heterocycles. The molecule has 3 nitrogen and oxygen atoms in total. The summed E-state index contributed by atoms with van der Waals surface area (Å²) < 4.78 is 18.8. The van der Waals surface area contributed by atoms with Crippen LogP contribution in [0.5, 0.6) is 5.75 Å². The Morgan fingerprint density at radius 1 is 1.19 bits per heavy atom. The molecule has 0 atom stereocenters. The molecule has 3 rings (SSSR count). The summed E-state index contributed by atoms with van der Waals surface area (Å²) in [6.45, 7) is 0. The van der Waals surface area contributed by atoms with Crippen molar-refractivity contribution in [2.75, 3.05) is 16.8 Å². The topological polar surface area (TPSA) is 38.3 Å². The van der Waals surface area contributed by atoms with Gasteiger partial charge in [-0.15, -0.1) is 0 Å². The van der Waals surface area contributed by atoms with Gasteiger partial charge in [0.15, 0.2) is 0 Å². The van der Waals surface area contributed by atoms with E-state index in [0.29, 0.717) is 17.4 Å². The first-order valence-corrected chi connectivity index (χ1v) is 7.77. The van der Waals surface area contributed by atoms with E-state index in [-0.39, 0.29) is 5.91 Å². The lowest BCUT2D eigenvalue weighted by Crippen LogP contribution is -2.30. The lowest BCUT2D eigenvalue weighted by molar-refractivity contribution is 0.102. The van der Waals surface area contributed by atoms with Gasteiger partial charge < -0.3 is 10.1 Å². The van der Waals surface area contributed by atoms with Gasteiger partial charge >= 0.3 is 0 Å². The summed E-state index contributed by atoms with van der Waals surface area (Å²) in [6, 6.07) is 12.8. The van der Waals surface area contributed by atoms with E-state index in [9.17, 15) is 9.18 Å². The summed E-state index contributed by atoms with van der Waals surface area (Å²) in [4.78, 5) is 12.0. The van der Waals surface area contributed by atoms with E-state index in [2.05, 4.69) is 5.32 Å². The molecule has 2 aromatic rings. The zero-order valence-corrected chi connectivity index (χ0v) is 12.0. The van der Waals surface area contributed by atoms with Crippen molar-refractivity contribution in [3.05, 3.63) is 59.9 Å². The number of rotatable bonds is 4. The molecule has 1 fully saturated rings. The van der Waals surface area contributed by atoms with E-state index in [1.165, 1.54) is 18.2 Å². The van der Waals surface area contributed by atoms with Crippen LogP contribution in [0.4, 0.5) is 10.1 Å². The van der Waals surface area contributed by atoms with Crippen LogP contribution in [0.25, 0.3) is 0 Å². The molecule has 0 radical (unpaired) electrons. The summed E-state index contributed by atoms with van der Waals surface area (Å²) in [5.41, 5.74) is 0.946. The fourth-order valence-electron chi connectivity index (χ4n) is 1.92. The minimum atomic E-state index is -0.426. The van der Waals surface area contributed by atoms with Gasteiger partial charge in [-0.1, -0.05) is 6.07 Å². The molecule has 1 saturated heterocycles. The van der Waals surface area contributed by atoms with Crippen LogP contribution in [-0.2, 0) is 0 Å². The molecule has 0 aliphatic carbocycles. The first-order valence-electron chi connectivity index (χ1n) is 6.62. The Labute approximate surface area is 126 Å². The van der Waals surface area contributed by atoms with Crippen molar-refractivity contribution in [2.45, 2.75) is 6.10 Å². The summed E-state index contributed by atoms with van der Waals surface area (Å²) in [6.07, 6.45) is 0.294. The fourth-order valence-corrected chi connectivity index (χ4v) is 2.49. The second-order valence-electron chi connectivity index (χ2n) is 4.77. The quantitative estimate of drug-likeness (QED) is 0.938. The first kappa shape index (κ1) is 13.9. The number of carbonyl (C=O) groups is 1. The Hall–Kier alpha value is -2.01. The monoisotopic (exact) mass is 303 g/mol. The van der Waals surface area contributed by atoms with Crippen LogP contribution in [0.3, 0.4) is 0 Å². The Kier molecular flexibility index (Phi) is 4.10. The number of nitrogens with one attached hydrogen (secondary N) is 1. The van der Waals surface area contributed by atoms with Gasteiger partial charge in [-0.2, -0.15) is 11.8 Å². The van der Waals surface area contributed by atoms with Crippen molar-refractivity contribution < 1.29 is 13.9 Å². The second-order valence-corrected chi connectivity index (χ2v) is 5.84. The number of amides is 1. The molecular weight excluding hydrogens is 289 g/mol. The van der Waals surface area contributed by atoms with Crippen LogP contribution < -0.4 is 10.1 Å². The third kappa shape index (κ3) is 3.55. The van der Waals surface area contributed by atoms with E-state index in [4.69, 9.17) is 4.74 Å². The number of benzene rings is 2. The number of thioether (sulfide) groups is 1. The predicted molar refractivity (Wildman–Crippen MR) is 82.5 cm³/mol. The van der Waals surface area contributed by atoms with E-state index in [1.807, 2.05) is 23.9 Å². The van der Waals surface area contributed by atoms with Gasteiger partial charge in [-0.25, -0.2) is 4.39 Å². The van der Waals surface area contributed by atoms with Crippen LogP contribution in [-0.4, -0.2) is 23.5 Å². The highest BCUT2D eigenvalue weighted by atomic mass is 32.2. The maximum Gasteiger partial charge on any atom is 0.255 e. The van der Waals surface area contributed by atoms with Crippen molar-refractivity contribution in [1.29, 1.82) is 0 Å². The SMILES string of the molecule is O=C(Nc1ccc(OC2CSC2)cc1)c1cccc(F)c1. The maximum atomic E-state index is 13.1. The van der Waals surface area contributed by atoms with Crippen molar-refractivity contribution in [2.24, 2.45) is 0 Å². The largest absolute Gasteiger partial charge is 0.489 e.